The molecule has 148 valence electrons. The molecule has 5 nitrogen and oxygen atoms in total. The van der Waals surface area contributed by atoms with E-state index in [1.165, 1.54) is 19.6 Å². The fraction of sp³-hybridized carbons (Fsp3) is 0.364. The number of nitrogens with one attached hydrogen (secondary N) is 1. The molecule has 0 aliphatic carbocycles. The lowest BCUT2D eigenvalue weighted by Gasteiger charge is -2.25. The third-order valence-corrected chi connectivity index (χ3v) is 5.40. The van der Waals surface area contributed by atoms with Gasteiger partial charge in [-0.05, 0) is 44.2 Å². The predicted octanol–water partition coefficient (Wildman–Crippen LogP) is 4.25. The largest absolute Gasteiger partial charge is 0.480 e. The summed E-state index contributed by atoms with van der Waals surface area (Å²) in [5.41, 5.74) is 0.891. The van der Waals surface area contributed by atoms with E-state index in [-0.39, 0.29) is 6.42 Å². The summed E-state index contributed by atoms with van der Waals surface area (Å²) in [7, 11) is 1.21. The Bertz CT molecular complexity index is 850. The lowest BCUT2D eigenvalue weighted by atomic mass is 9.95. The molecule has 0 saturated heterocycles. The second-order valence-corrected chi connectivity index (χ2v) is 7.69. The third-order valence-electron chi connectivity index (χ3n) is 4.40. The first-order valence-corrected chi connectivity index (χ1v) is 10.0. The molecule has 0 aliphatic rings. The molecule has 2 aromatic rings. The van der Waals surface area contributed by atoms with Gasteiger partial charge in [-0.3, -0.25) is 0 Å². The molecule has 1 amide bonds. The van der Waals surface area contributed by atoms with Crippen LogP contribution >= 0.6 is 11.3 Å². The van der Waals surface area contributed by atoms with Crippen LogP contribution in [0, 0.1) is 11.8 Å². The van der Waals surface area contributed by atoms with Crippen molar-refractivity contribution < 1.29 is 19.4 Å². The number of benzene rings is 1. The number of hydrogen-bond acceptors (Lipinski definition) is 4. The first-order chi connectivity index (χ1) is 13.4. The van der Waals surface area contributed by atoms with E-state index in [9.17, 15) is 14.7 Å². The van der Waals surface area contributed by atoms with Gasteiger partial charge in [0, 0.05) is 22.2 Å². The predicted molar refractivity (Wildman–Crippen MR) is 110 cm³/mol. The van der Waals surface area contributed by atoms with Gasteiger partial charge in [-0.25, -0.2) is 9.59 Å². The van der Waals surface area contributed by atoms with E-state index in [1.54, 1.807) is 11.3 Å². The fourth-order valence-electron chi connectivity index (χ4n) is 2.64. The Labute approximate surface area is 169 Å². The molecule has 1 unspecified atom stereocenters. The zero-order valence-corrected chi connectivity index (χ0v) is 17.0. The lowest BCUT2D eigenvalue weighted by molar-refractivity contribution is -0.144. The van der Waals surface area contributed by atoms with Crippen molar-refractivity contribution in [2.45, 2.75) is 44.6 Å². The summed E-state index contributed by atoms with van der Waals surface area (Å²) < 4.78 is 4.52. The van der Waals surface area contributed by atoms with Gasteiger partial charge in [0.05, 0.1) is 7.11 Å². The summed E-state index contributed by atoms with van der Waals surface area (Å²) >= 11 is 1.55. The second-order valence-electron chi connectivity index (χ2n) is 6.70. The van der Waals surface area contributed by atoms with Gasteiger partial charge in [0.25, 0.3) is 0 Å². The molecule has 1 aromatic carbocycles. The van der Waals surface area contributed by atoms with E-state index in [2.05, 4.69) is 34.0 Å². The summed E-state index contributed by atoms with van der Waals surface area (Å²) in [5.74, 6) is 5.28. The van der Waals surface area contributed by atoms with Crippen molar-refractivity contribution in [1.82, 2.24) is 5.32 Å². The number of hydrogen-bond donors (Lipinski definition) is 2. The normalized spacial score (nSPS) is 12.4. The molecule has 2 rings (SSSR count). The van der Waals surface area contributed by atoms with Gasteiger partial charge >= 0.3 is 12.1 Å². The third kappa shape index (κ3) is 6.75. The molecule has 0 bridgehead atoms. The quantitative estimate of drug-likeness (QED) is 0.514. The molecule has 1 heterocycles. The Kier molecular flexibility index (Phi) is 8.09. The van der Waals surface area contributed by atoms with Crippen LogP contribution in [0.15, 0.2) is 41.8 Å². The fourth-order valence-corrected chi connectivity index (χ4v) is 3.46. The number of aryl methyl sites for hydroxylation is 2. The monoisotopic (exact) mass is 399 g/mol. The highest BCUT2D eigenvalue weighted by molar-refractivity contribution is 7.10. The first-order valence-electron chi connectivity index (χ1n) is 9.12. The smallest absolute Gasteiger partial charge is 0.407 e. The molecule has 0 aliphatic heterocycles. The number of carboxylic acids is 1. The number of carbonyl (C=O) groups excluding carboxylic acids is 1. The van der Waals surface area contributed by atoms with E-state index < -0.39 is 17.6 Å². The Hall–Kier alpha value is -2.78. The van der Waals surface area contributed by atoms with Crippen LogP contribution in [0.25, 0.3) is 0 Å². The number of rotatable bonds is 8. The minimum absolute atomic E-state index is 0.266. The Morgan fingerprint density at radius 2 is 2.00 bits per heavy atom. The van der Waals surface area contributed by atoms with Gasteiger partial charge in [0.15, 0.2) is 0 Å². The zero-order valence-electron chi connectivity index (χ0n) is 16.2. The van der Waals surface area contributed by atoms with Gasteiger partial charge in [-0.15, -0.1) is 11.3 Å². The minimum Gasteiger partial charge on any atom is -0.480 e. The maximum Gasteiger partial charge on any atom is 0.407 e. The van der Waals surface area contributed by atoms with Gasteiger partial charge < -0.3 is 15.2 Å². The van der Waals surface area contributed by atoms with Gasteiger partial charge in [0.2, 0.25) is 0 Å². The number of unbranched alkanes of at least 4 members (excludes halogenated alkanes) is 1. The molecular formula is C22H25NO4S. The van der Waals surface area contributed by atoms with Crippen LogP contribution in [0.5, 0.6) is 0 Å². The summed E-state index contributed by atoms with van der Waals surface area (Å²) in [5, 5.41) is 13.8. The lowest BCUT2D eigenvalue weighted by Crippen LogP contribution is -2.52. The molecule has 2 N–H and O–H groups in total. The molecule has 1 aromatic heterocycles. The number of thiophene rings is 1. The van der Waals surface area contributed by atoms with Crippen LogP contribution in [0.4, 0.5) is 4.79 Å². The number of methoxy groups -OCH3 is 1. The topological polar surface area (TPSA) is 75.6 Å². The molecular weight excluding hydrogens is 374 g/mol. The van der Waals surface area contributed by atoms with E-state index in [0.29, 0.717) is 6.42 Å². The highest BCUT2D eigenvalue weighted by Crippen LogP contribution is 2.20. The molecule has 28 heavy (non-hydrogen) atoms. The highest BCUT2D eigenvalue weighted by atomic mass is 32.1. The van der Waals surface area contributed by atoms with Crippen LogP contribution in [-0.2, 0) is 22.4 Å². The zero-order chi connectivity index (χ0) is 20.4. The van der Waals surface area contributed by atoms with Crippen molar-refractivity contribution >= 4 is 23.4 Å². The van der Waals surface area contributed by atoms with Crippen molar-refractivity contribution in [1.29, 1.82) is 0 Å². The Morgan fingerprint density at radius 3 is 2.68 bits per heavy atom. The van der Waals surface area contributed by atoms with Crippen LogP contribution in [-0.4, -0.2) is 29.8 Å². The van der Waals surface area contributed by atoms with E-state index >= 15 is 0 Å². The maximum atomic E-state index is 11.5. The SMILES string of the molecule is COC(=O)NC(C)(CCc1cc(C#CCCCc2ccccc2)cs1)C(=O)O. The number of amides is 1. The van der Waals surface area contributed by atoms with Gasteiger partial charge in [0.1, 0.15) is 5.54 Å². The summed E-state index contributed by atoms with van der Waals surface area (Å²) in [6.07, 6.45) is 2.92. The van der Waals surface area contributed by atoms with Crippen LogP contribution in [0.2, 0.25) is 0 Å². The Morgan fingerprint density at radius 1 is 1.25 bits per heavy atom. The van der Waals surface area contributed by atoms with Gasteiger partial charge in [-0.2, -0.15) is 0 Å². The standard InChI is InChI=1S/C22H25NO4S/c1-22(20(24)25,23-21(26)27-2)14-13-19-15-18(16-28-19)12-8-4-7-11-17-9-5-3-6-10-17/h3,5-6,9-10,15-16H,4,7,11,13-14H2,1-2H3,(H,23,26)(H,24,25). The number of carboxylic acid groups (broad SMARTS) is 1. The average molecular weight is 400 g/mol. The molecule has 0 spiro atoms. The van der Waals surface area contributed by atoms with Crippen molar-refractivity contribution in [3.05, 3.63) is 57.8 Å². The molecule has 0 radical (unpaired) electrons. The van der Waals surface area contributed by atoms with Crippen molar-refractivity contribution in [3.8, 4) is 11.8 Å². The first kappa shape index (κ1) is 21.5. The number of alkyl carbamates (subject to hydrolysis) is 1. The maximum absolute atomic E-state index is 11.5. The van der Waals surface area contributed by atoms with Crippen molar-refractivity contribution in [2.24, 2.45) is 0 Å². The highest BCUT2D eigenvalue weighted by Gasteiger charge is 2.35. The van der Waals surface area contributed by atoms with Crippen molar-refractivity contribution in [2.75, 3.05) is 7.11 Å². The van der Waals surface area contributed by atoms with E-state index in [0.717, 1.165) is 29.7 Å². The summed E-state index contributed by atoms with van der Waals surface area (Å²) in [4.78, 5) is 23.9. The molecule has 1 atom stereocenters. The second kappa shape index (κ2) is 10.5. The van der Waals surface area contributed by atoms with Crippen LogP contribution in [0.1, 0.15) is 42.2 Å². The average Bonchev–Trinajstić information content (AvgIpc) is 3.14. The van der Waals surface area contributed by atoms with Crippen LogP contribution in [0.3, 0.4) is 0 Å². The minimum atomic E-state index is -1.37. The van der Waals surface area contributed by atoms with E-state index in [4.69, 9.17) is 0 Å². The molecule has 0 saturated carbocycles. The molecule has 0 fully saturated rings. The summed E-state index contributed by atoms with van der Waals surface area (Å²) in [6, 6.07) is 12.3. The number of aliphatic carboxylic acids is 1. The molecule has 6 heteroatoms. The van der Waals surface area contributed by atoms with Crippen molar-refractivity contribution in [3.63, 3.8) is 0 Å². The van der Waals surface area contributed by atoms with Gasteiger partial charge in [-0.1, -0.05) is 42.2 Å². The number of ether oxygens (including phenoxy) is 1. The van der Waals surface area contributed by atoms with E-state index in [1.807, 2.05) is 29.6 Å². The van der Waals surface area contributed by atoms with Crippen LogP contribution < -0.4 is 5.32 Å². The Balaban J connectivity index is 1.83. The summed E-state index contributed by atoms with van der Waals surface area (Å²) in [6.45, 7) is 1.48. The number of carbonyl (C=O) groups is 2.